The van der Waals surface area contributed by atoms with E-state index in [2.05, 4.69) is 5.32 Å². The first-order valence-corrected chi connectivity index (χ1v) is 6.39. The molecule has 0 saturated carbocycles. The van der Waals surface area contributed by atoms with Crippen molar-refractivity contribution in [2.24, 2.45) is 5.73 Å². The summed E-state index contributed by atoms with van der Waals surface area (Å²) < 4.78 is 5.27. The van der Waals surface area contributed by atoms with Gasteiger partial charge in [-0.2, -0.15) is 0 Å². The lowest BCUT2D eigenvalue weighted by molar-refractivity contribution is -0.152. The summed E-state index contributed by atoms with van der Waals surface area (Å²) in [6, 6.07) is -0.572. The molecule has 0 aromatic carbocycles. The first kappa shape index (κ1) is 14.9. The van der Waals surface area contributed by atoms with Gasteiger partial charge in [-0.15, -0.1) is 0 Å². The number of nitrogens with one attached hydrogen (secondary N) is 1. The molecular formula is C12H23N3O3. The van der Waals surface area contributed by atoms with Crippen LogP contribution in [0.5, 0.6) is 0 Å². The summed E-state index contributed by atoms with van der Waals surface area (Å²) in [6.45, 7) is 4.86. The van der Waals surface area contributed by atoms with Crippen molar-refractivity contribution in [2.75, 3.05) is 26.8 Å². The number of amides is 2. The largest absolute Gasteiger partial charge is 0.377 e. The third-order valence-corrected chi connectivity index (χ3v) is 3.63. The van der Waals surface area contributed by atoms with Gasteiger partial charge in [0.2, 0.25) is 11.8 Å². The molecule has 1 atom stereocenters. The average molecular weight is 257 g/mol. The molecule has 18 heavy (non-hydrogen) atoms. The highest BCUT2D eigenvalue weighted by atomic mass is 16.5. The van der Waals surface area contributed by atoms with E-state index in [9.17, 15) is 9.59 Å². The van der Waals surface area contributed by atoms with Crippen molar-refractivity contribution in [1.29, 1.82) is 0 Å². The van der Waals surface area contributed by atoms with Crippen LogP contribution in [0.2, 0.25) is 0 Å². The third kappa shape index (κ3) is 2.81. The van der Waals surface area contributed by atoms with Crippen LogP contribution >= 0.6 is 0 Å². The predicted octanol–water partition coefficient (Wildman–Crippen LogP) is -0.523. The molecule has 0 aromatic rings. The Balaban J connectivity index is 2.90. The minimum atomic E-state index is -0.885. The summed E-state index contributed by atoms with van der Waals surface area (Å²) in [4.78, 5) is 25.8. The van der Waals surface area contributed by atoms with Gasteiger partial charge in [-0.3, -0.25) is 9.59 Å². The zero-order chi connectivity index (χ0) is 13.8. The van der Waals surface area contributed by atoms with Crippen molar-refractivity contribution >= 4 is 11.8 Å². The number of hydrogen-bond donors (Lipinski definition) is 2. The standard InChI is InChI=1S/C12H23N3O3/c1-4-12(13,5-2)11(17)15-6-7-18-8-9(15)10(16)14-3/h9H,4-8,13H2,1-3H3,(H,14,16). The summed E-state index contributed by atoms with van der Waals surface area (Å²) in [5.74, 6) is -0.373. The Hall–Kier alpha value is -1.14. The van der Waals surface area contributed by atoms with Crippen molar-refractivity contribution < 1.29 is 14.3 Å². The molecule has 3 N–H and O–H groups in total. The summed E-state index contributed by atoms with van der Waals surface area (Å²) >= 11 is 0. The number of morpholine rings is 1. The van der Waals surface area contributed by atoms with E-state index in [1.165, 1.54) is 0 Å². The molecule has 1 fully saturated rings. The second kappa shape index (κ2) is 6.15. The number of carbonyl (C=O) groups is 2. The third-order valence-electron chi connectivity index (χ3n) is 3.63. The fourth-order valence-corrected chi connectivity index (χ4v) is 2.07. The minimum Gasteiger partial charge on any atom is -0.377 e. The molecule has 1 saturated heterocycles. The van der Waals surface area contributed by atoms with E-state index in [0.29, 0.717) is 26.0 Å². The number of carbonyl (C=O) groups excluding carboxylic acids is 2. The highest BCUT2D eigenvalue weighted by Crippen LogP contribution is 2.19. The van der Waals surface area contributed by atoms with Gasteiger partial charge in [0.15, 0.2) is 0 Å². The monoisotopic (exact) mass is 257 g/mol. The molecule has 0 aliphatic carbocycles. The Labute approximate surface area is 108 Å². The summed E-state index contributed by atoms with van der Waals surface area (Å²) in [5, 5.41) is 2.55. The quantitative estimate of drug-likeness (QED) is 0.709. The van der Waals surface area contributed by atoms with Crippen LogP contribution in [0.1, 0.15) is 26.7 Å². The lowest BCUT2D eigenvalue weighted by Crippen LogP contribution is -2.63. The summed E-state index contributed by atoms with van der Waals surface area (Å²) in [7, 11) is 1.55. The lowest BCUT2D eigenvalue weighted by Gasteiger charge is -2.39. The zero-order valence-corrected chi connectivity index (χ0v) is 11.4. The Morgan fingerprint density at radius 1 is 1.44 bits per heavy atom. The Morgan fingerprint density at radius 3 is 2.56 bits per heavy atom. The maximum Gasteiger partial charge on any atom is 0.244 e. The van der Waals surface area contributed by atoms with Gasteiger partial charge < -0.3 is 20.7 Å². The maximum atomic E-state index is 12.5. The molecular weight excluding hydrogens is 234 g/mol. The molecule has 1 aliphatic rings. The number of rotatable bonds is 4. The van der Waals surface area contributed by atoms with Crippen LogP contribution in [-0.2, 0) is 14.3 Å². The first-order valence-electron chi connectivity index (χ1n) is 6.39. The molecule has 1 aliphatic heterocycles. The van der Waals surface area contributed by atoms with Crippen LogP contribution in [-0.4, -0.2) is 55.1 Å². The molecule has 104 valence electrons. The van der Waals surface area contributed by atoms with Gasteiger partial charge in [0.05, 0.1) is 18.8 Å². The normalized spacial score (nSPS) is 20.7. The molecule has 6 nitrogen and oxygen atoms in total. The lowest BCUT2D eigenvalue weighted by atomic mass is 9.91. The van der Waals surface area contributed by atoms with Gasteiger partial charge in [0.1, 0.15) is 6.04 Å². The fourth-order valence-electron chi connectivity index (χ4n) is 2.07. The second-order valence-corrected chi connectivity index (χ2v) is 4.57. The van der Waals surface area contributed by atoms with E-state index in [4.69, 9.17) is 10.5 Å². The maximum absolute atomic E-state index is 12.5. The van der Waals surface area contributed by atoms with Crippen molar-refractivity contribution in [3.63, 3.8) is 0 Å². The van der Waals surface area contributed by atoms with E-state index in [1.807, 2.05) is 13.8 Å². The average Bonchev–Trinajstić information content (AvgIpc) is 2.44. The van der Waals surface area contributed by atoms with Gasteiger partial charge in [-0.05, 0) is 12.8 Å². The molecule has 1 heterocycles. The van der Waals surface area contributed by atoms with Crippen molar-refractivity contribution in [3.8, 4) is 0 Å². The number of nitrogens with zero attached hydrogens (tertiary/aromatic N) is 1. The van der Waals surface area contributed by atoms with E-state index in [-0.39, 0.29) is 18.4 Å². The molecule has 1 unspecified atom stereocenters. The minimum absolute atomic E-state index is 0.163. The molecule has 6 heteroatoms. The molecule has 0 aromatic heterocycles. The van der Waals surface area contributed by atoms with E-state index >= 15 is 0 Å². The van der Waals surface area contributed by atoms with Crippen LogP contribution in [0.3, 0.4) is 0 Å². The Kier molecular flexibility index (Phi) is 5.10. The number of ether oxygens (including phenoxy) is 1. The van der Waals surface area contributed by atoms with Gasteiger partial charge in [-0.25, -0.2) is 0 Å². The predicted molar refractivity (Wildman–Crippen MR) is 67.9 cm³/mol. The van der Waals surface area contributed by atoms with E-state index in [1.54, 1.807) is 11.9 Å². The highest BCUT2D eigenvalue weighted by Gasteiger charge is 2.40. The first-order chi connectivity index (χ1) is 8.50. The van der Waals surface area contributed by atoms with Gasteiger partial charge in [-0.1, -0.05) is 13.8 Å². The number of nitrogens with two attached hydrogens (primary N) is 1. The Morgan fingerprint density at radius 2 is 2.06 bits per heavy atom. The SMILES string of the molecule is CCC(N)(CC)C(=O)N1CCOCC1C(=O)NC. The van der Waals surface area contributed by atoms with Crippen LogP contribution < -0.4 is 11.1 Å². The van der Waals surface area contributed by atoms with Crippen molar-refractivity contribution in [2.45, 2.75) is 38.3 Å². The van der Waals surface area contributed by atoms with Crippen LogP contribution in [0.15, 0.2) is 0 Å². The van der Waals surface area contributed by atoms with Gasteiger partial charge in [0, 0.05) is 13.6 Å². The Bertz CT molecular complexity index is 316. The molecule has 1 rings (SSSR count). The molecule has 0 radical (unpaired) electrons. The summed E-state index contributed by atoms with van der Waals surface area (Å²) in [5.41, 5.74) is 5.23. The number of likely N-dealkylation sites (N-methyl/N-ethyl adjacent to an activating group) is 1. The smallest absolute Gasteiger partial charge is 0.244 e. The van der Waals surface area contributed by atoms with Gasteiger partial charge >= 0.3 is 0 Å². The molecule has 0 bridgehead atoms. The van der Waals surface area contributed by atoms with E-state index in [0.717, 1.165) is 0 Å². The van der Waals surface area contributed by atoms with Crippen LogP contribution in [0.25, 0.3) is 0 Å². The zero-order valence-electron chi connectivity index (χ0n) is 11.4. The van der Waals surface area contributed by atoms with Crippen molar-refractivity contribution in [1.82, 2.24) is 10.2 Å². The topological polar surface area (TPSA) is 84.7 Å². The summed E-state index contributed by atoms with van der Waals surface area (Å²) in [6.07, 6.45) is 1.11. The van der Waals surface area contributed by atoms with Gasteiger partial charge in [0.25, 0.3) is 0 Å². The van der Waals surface area contributed by atoms with Crippen molar-refractivity contribution in [3.05, 3.63) is 0 Å². The molecule has 2 amide bonds. The van der Waals surface area contributed by atoms with Crippen LogP contribution in [0, 0.1) is 0 Å². The highest BCUT2D eigenvalue weighted by molar-refractivity contribution is 5.92. The second-order valence-electron chi connectivity index (χ2n) is 4.57. The molecule has 0 spiro atoms. The van der Waals surface area contributed by atoms with Crippen LogP contribution in [0.4, 0.5) is 0 Å². The van der Waals surface area contributed by atoms with E-state index < -0.39 is 11.6 Å². The fraction of sp³-hybridized carbons (Fsp3) is 0.833. The number of hydrogen-bond acceptors (Lipinski definition) is 4.